The summed E-state index contributed by atoms with van der Waals surface area (Å²) in [6, 6.07) is 0. The number of unbranched alkanes of at least 4 members (excludes halogenated alkanes) is 1. The van der Waals surface area contributed by atoms with Gasteiger partial charge < -0.3 is 4.74 Å². The van der Waals surface area contributed by atoms with Gasteiger partial charge in [0.05, 0.1) is 18.2 Å². The Labute approximate surface area is 83.4 Å². The number of halogens is 1. The maximum absolute atomic E-state index is 5.29. The zero-order valence-corrected chi connectivity index (χ0v) is 9.35. The zero-order chi connectivity index (χ0) is 8.81. The van der Waals surface area contributed by atoms with Crippen molar-refractivity contribution in [2.75, 3.05) is 26.3 Å². The Morgan fingerprint density at radius 1 is 1.42 bits per heavy atom. The van der Waals surface area contributed by atoms with E-state index in [0.29, 0.717) is 4.95 Å². The molecule has 0 spiro atoms. The molecule has 1 saturated heterocycles. The predicted molar refractivity (Wildman–Crippen MR) is 54.6 cm³/mol. The highest BCUT2D eigenvalue weighted by Gasteiger charge is 2.17. The first kappa shape index (κ1) is 10.5. The molecule has 1 unspecified atom stereocenters. The van der Waals surface area contributed by atoms with Crippen molar-refractivity contribution in [3.05, 3.63) is 0 Å². The molecule has 0 aliphatic carbocycles. The first-order valence-electron chi connectivity index (χ1n) is 4.80. The molecule has 1 rings (SSSR count). The van der Waals surface area contributed by atoms with Crippen LogP contribution in [0, 0.1) is 0 Å². The molecule has 72 valence electrons. The van der Waals surface area contributed by atoms with E-state index >= 15 is 0 Å². The monoisotopic (exact) mass is 235 g/mol. The summed E-state index contributed by atoms with van der Waals surface area (Å²) < 4.78 is 5.29. The smallest absolute Gasteiger partial charge is 0.0657 e. The third-order valence-electron chi connectivity index (χ3n) is 2.24. The normalized spacial score (nSPS) is 22.5. The highest BCUT2D eigenvalue weighted by molar-refractivity contribution is 9.09. The van der Waals surface area contributed by atoms with E-state index in [2.05, 4.69) is 27.8 Å². The van der Waals surface area contributed by atoms with Crippen LogP contribution in [0.15, 0.2) is 0 Å². The second-order valence-electron chi connectivity index (χ2n) is 3.23. The highest BCUT2D eigenvalue weighted by atomic mass is 79.9. The first-order valence-corrected chi connectivity index (χ1v) is 5.72. The van der Waals surface area contributed by atoms with Gasteiger partial charge in [0.15, 0.2) is 0 Å². The van der Waals surface area contributed by atoms with E-state index < -0.39 is 0 Å². The summed E-state index contributed by atoms with van der Waals surface area (Å²) in [7, 11) is 0. The second-order valence-corrected chi connectivity index (χ2v) is 4.28. The minimum Gasteiger partial charge on any atom is -0.379 e. The molecule has 0 aromatic heterocycles. The molecular weight excluding hydrogens is 218 g/mol. The molecule has 0 saturated carbocycles. The van der Waals surface area contributed by atoms with Crippen LogP contribution < -0.4 is 0 Å². The van der Waals surface area contributed by atoms with Gasteiger partial charge in [0.1, 0.15) is 0 Å². The fraction of sp³-hybridized carbons (Fsp3) is 1.00. The van der Waals surface area contributed by atoms with Crippen molar-refractivity contribution in [2.45, 2.75) is 31.1 Å². The van der Waals surface area contributed by atoms with Gasteiger partial charge in [-0.15, -0.1) is 0 Å². The zero-order valence-electron chi connectivity index (χ0n) is 7.76. The molecule has 0 amide bonds. The number of morpholine rings is 1. The molecule has 0 aromatic carbocycles. The molecule has 0 bridgehead atoms. The SMILES string of the molecule is CCCCC(Br)N1CCOCC1. The third kappa shape index (κ3) is 3.42. The van der Waals surface area contributed by atoms with Crippen LogP contribution in [0.4, 0.5) is 0 Å². The molecule has 1 heterocycles. The van der Waals surface area contributed by atoms with Crippen molar-refractivity contribution < 1.29 is 4.74 Å². The van der Waals surface area contributed by atoms with Gasteiger partial charge in [-0.2, -0.15) is 0 Å². The molecule has 0 aromatic rings. The molecule has 2 nitrogen and oxygen atoms in total. The van der Waals surface area contributed by atoms with Crippen LogP contribution in [0.3, 0.4) is 0 Å². The van der Waals surface area contributed by atoms with Gasteiger partial charge in [-0.1, -0.05) is 35.7 Å². The lowest BCUT2D eigenvalue weighted by molar-refractivity contribution is 0.0323. The molecule has 1 atom stereocenters. The van der Waals surface area contributed by atoms with Gasteiger partial charge in [-0.05, 0) is 6.42 Å². The van der Waals surface area contributed by atoms with Crippen LogP contribution in [0.2, 0.25) is 0 Å². The third-order valence-corrected chi connectivity index (χ3v) is 3.27. The fourth-order valence-electron chi connectivity index (χ4n) is 1.41. The van der Waals surface area contributed by atoms with E-state index in [9.17, 15) is 0 Å². The number of ether oxygens (including phenoxy) is 1. The first-order chi connectivity index (χ1) is 5.84. The maximum Gasteiger partial charge on any atom is 0.0657 e. The highest BCUT2D eigenvalue weighted by Crippen LogP contribution is 2.16. The number of rotatable bonds is 4. The molecule has 1 aliphatic heterocycles. The average Bonchev–Trinajstić information content (AvgIpc) is 2.15. The topological polar surface area (TPSA) is 12.5 Å². The van der Waals surface area contributed by atoms with Gasteiger partial charge in [-0.3, -0.25) is 4.90 Å². The second kappa shape index (κ2) is 5.95. The molecule has 1 fully saturated rings. The van der Waals surface area contributed by atoms with Crippen LogP contribution in [-0.2, 0) is 4.74 Å². The van der Waals surface area contributed by atoms with E-state index in [1.165, 1.54) is 19.3 Å². The van der Waals surface area contributed by atoms with Gasteiger partial charge in [0.25, 0.3) is 0 Å². The molecule has 12 heavy (non-hydrogen) atoms. The minimum absolute atomic E-state index is 0.571. The number of hydrogen-bond donors (Lipinski definition) is 0. The summed E-state index contributed by atoms with van der Waals surface area (Å²) in [6.45, 7) is 6.20. The Morgan fingerprint density at radius 2 is 2.08 bits per heavy atom. The Balaban J connectivity index is 2.15. The van der Waals surface area contributed by atoms with Crippen LogP contribution in [0.25, 0.3) is 0 Å². The largest absolute Gasteiger partial charge is 0.379 e. The van der Waals surface area contributed by atoms with E-state index in [0.717, 1.165) is 26.3 Å². The van der Waals surface area contributed by atoms with Crippen molar-refractivity contribution in [2.24, 2.45) is 0 Å². The molecule has 1 aliphatic rings. The Bertz CT molecular complexity index is 115. The van der Waals surface area contributed by atoms with Gasteiger partial charge in [-0.25, -0.2) is 0 Å². The molecule has 3 heteroatoms. The van der Waals surface area contributed by atoms with Gasteiger partial charge in [0, 0.05) is 13.1 Å². The van der Waals surface area contributed by atoms with Crippen LogP contribution in [0.5, 0.6) is 0 Å². The Hall–Kier alpha value is 0.400. The Morgan fingerprint density at radius 3 is 2.67 bits per heavy atom. The van der Waals surface area contributed by atoms with E-state index in [1.807, 2.05) is 0 Å². The summed E-state index contributed by atoms with van der Waals surface area (Å²) in [6.07, 6.45) is 3.86. The van der Waals surface area contributed by atoms with Gasteiger partial charge >= 0.3 is 0 Å². The summed E-state index contributed by atoms with van der Waals surface area (Å²) in [5.41, 5.74) is 0. The summed E-state index contributed by atoms with van der Waals surface area (Å²) in [5.74, 6) is 0. The van der Waals surface area contributed by atoms with Crippen molar-refractivity contribution in [1.82, 2.24) is 4.90 Å². The number of nitrogens with zero attached hydrogens (tertiary/aromatic N) is 1. The van der Waals surface area contributed by atoms with Crippen LogP contribution in [0.1, 0.15) is 26.2 Å². The van der Waals surface area contributed by atoms with Crippen molar-refractivity contribution in [1.29, 1.82) is 0 Å². The molecule has 0 radical (unpaired) electrons. The summed E-state index contributed by atoms with van der Waals surface area (Å²) in [4.78, 5) is 3.03. The summed E-state index contributed by atoms with van der Waals surface area (Å²) in [5, 5.41) is 0. The van der Waals surface area contributed by atoms with Crippen molar-refractivity contribution in [3.8, 4) is 0 Å². The fourth-order valence-corrected chi connectivity index (χ4v) is 2.15. The lowest BCUT2D eigenvalue weighted by Crippen LogP contribution is -2.40. The van der Waals surface area contributed by atoms with Crippen molar-refractivity contribution in [3.63, 3.8) is 0 Å². The minimum atomic E-state index is 0.571. The molecular formula is C9H18BrNO. The number of hydrogen-bond acceptors (Lipinski definition) is 2. The Kier molecular flexibility index (Phi) is 5.19. The van der Waals surface area contributed by atoms with Crippen molar-refractivity contribution >= 4 is 15.9 Å². The van der Waals surface area contributed by atoms with Gasteiger partial charge in [0.2, 0.25) is 0 Å². The standard InChI is InChI=1S/C9H18BrNO/c1-2-3-4-9(10)11-5-7-12-8-6-11/h9H,2-8H2,1H3. The lowest BCUT2D eigenvalue weighted by atomic mass is 10.2. The van der Waals surface area contributed by atoms with Crippen LogP contribution in [-0.4, -0.2) is 36.2 Å². The van der Waals surface area contributed by atoms with E-state index in [-0.39, 0.29) is 0 Å². The van der Waals surface area contributed by atoms with E-state index in [1.54, 1.807) is 0 Å². The maximum atomic E-state index is 5.29. The number of alkyl halides is 1. The average molecular weight is 236 g/mol. The van der Waals surface area contributed by atoms with E-state index in [4.69, 9.17) is 4.74 Å². The quantitative estimate of drug-likeness (QED) is 0.548. The molecule has 0 N–H and O–H groups in total. The summed E-state index contributed by atoms with van der Waals surface area (Å²) >= 11 is 3.71. The van der Waals surface area contributed by atoms with Crippen LogP contribution >= 0.6 is 15.9 Å². The lowest BCUT2D eigenvalue weighted by Gasteiger charge is -2.30. The predicted octanol–water partition coefficient (Wildman–Crippen LogP) is 2.23.